The molecule has 0 amide bonds. The summed E-state index contributed by atoms with van der Waals surface area (Å²) in [5, 5.41) is 10.9. The molecule has 160 valence electrons. The first kappa shape index (κ1) is 19.6. The Morgan fingerprint density at radius 2 is 1.71 bits per heavy atom. The molecule has 3 heterocycles. The number of hydrogen-bond acceptors (Lipinski definition) is 6. The van der Waals surface area contributed by atoms with Crippen LogP contribution in [0.5, 0.6) is 6.01 Å². The van der Waals surface area contributed by atoms with Gasteiger partial charge in [-0.1, -0.05) is 42.5 Å². The summed E-state index contributed by atoms with van der Waals surface area (Å²) in [5.41, 5.74) is 3.29. The van der Waals surface area contributed by atoms with E-state index < -0.39 is 10.5 Å². The first-order chi connectivity index (χ1) is 15.0. The van der Waals surface area contributed by atoms with Crippen molar-refractivity contribution in [3.05, 3.63) is 70.9 Å². The second-order valence-corrected chi connectivity index (χ2v) is 8.49. The van der Waals surface area contributed by atoms with E-state index in [4.69, 9.17) is 4.74 Å². The average Bonchev–Trinajstić information content (AvgIpc) is 3.30. The van der Waals surface area contributed by atoms with Gasteiger partial charge in [0.25, 0.3) is 0 Å². The summed E-state index contributed by atoms with van der Waals surface area (Å²) in [4.78, 5) is 19.2. The van der Waals surface area contributed by atoms with Crippen LogP contribution in [0.15, 0.2) is 60.8 Å². The molecule has 3 aromatic rings. The minimum atomic E-state index is -0.488. The van der Waals surface area contributed by atoms with Crippen LogP contribution in [-0.2, 0) is 6.54 Å². The van der Waals surface area contributed by atoms with Crippen molar-refractivity contribution in [1.29, 1.82) is 0 Å². The van der Waals surface area contributed by atoms with Crippen molar-refractivity contribution in [1.82, 2.24) is 14.5 Å². The number of benzene rings is 2. The monoisotopic (exact) mass is 419 g/mol. The molecule has 0 aliphatic carbocycles. The third kappa shape index (κ3) is 3.98. The van der Waals surface area contributed by atoms with Gasteiger partial charge >= 0.3 is 11.8 Å². The number of ether oxygens (including phenoxy) is 1. The number of hydrogen-bond donors (Lipinski definition) is 0. The fourth-order valence-corrected chi connectivity index (χ4v) is 4.50. The Morgan fingerprint density at radius 1 is 1.03 bits per heavy atom. The van der Waals surface area contributed by atoms with Crippen LogP contribution in [0.2, 0.25) is 0 Å². The van der Waals surface area contributed by atoms with Crippen molar-refractivity contribution < 1.29 is 9.66 Å². The molecule has 0 N–H and O–H groups in total. The van der Waals surface area contributed by atoms with Gasteiger partial charge in [0.1, 0.15) is 11.8 Å². The highest BCUT2D eigenvalue weighted by Gasteiger charge is 2.41. The number of rotatable bonds is 5. The van der Waals surface area contributed by atoms with Crippen molar-refractivity contribution >= 4 is 11.5 Å². The molecule has 0 radical (unpaired) electrons. The second kappa shape index (κ2) is 7.70. The Morgan fingerprint density at radius 3 is 2.35 bits per heavy atom. The van der Waals surface area contributed by atoms with Gasteiger partial charge in [-0.2, -0.15) is 0 Å². The number of fused-ring (bicyclic) bond motifs is 1. The standard InChI is InChI=1S/C23H25N5O3/c1-23(17-27-15-21(28(29)30)24-22(27)31-23)16-25-11-13-26(14-12-25)20-9-7-19(8-10-20)18-5-3-2-4-6-18/h2-10,15H,11-14,16-17H2,1H3. The van der Waals surface area contributed by atoms with Gasteiger partial charge in [-0.25, -0.2) is 0 Å². The lowest BCUT2D eigenvalue weighted by atomic mass is 10.0. The Bertz CT molecular complexity index is 1050. The number of piperazine rings is 1. The number of anilines is 1. The lowest BCUT2D eigenvalue weighted by Gasteiger charge is -2.39. The lowest BCUT2D eigenvalue weighted by molar-refractivity contribution is -0.389. The van der Waals surface area contributed by atoms with Crippen LogP contribution >= 0.6 is 0 Å². The van der Waals surface area contributed by atoms with E-state index in [0.717, 1.165) is 32.7 Å². The molecular formula is C23H25N5O3. The molecule has 0 bridgehead atoms. The maximum atomic E-state index is 10.9. The zero-order valence-electron chi connectivity index (χ0n) is 17.5. The molecule has 1 atom stereocenters. The molecule has 2 aliphatic heterocycles. The van der Waals surface area contributed by atoms with E-state index in [0.29, 0.717) is 12.6 Å². The van der Waals surface area contributed by atoms with Crippen molar-refractivity contribution in [3.8, 4) is 17.1 Å². The van der Waals surface area contributed by atoms with Crippen LogP contribution in [0.25, 0.3) is 11.1 Å². The average molecular weight is 419 g/mol. The molecule has 0 spiro atoms. The van der Waals surface area contributed by atoms with Crippen molar-refractivity contribution in [2.45, 2.75) is 19.1 Å². The fraction of sp³-hybridized carbons (Fsp3) is 0.348. The zero-order valence-corrected chi connectivity index (χ0v) is 17.5. The van der Waals surface area contributed by atoms with Gasteiger partial charge in [0.2, 0.25) is 0 Å². The zero-order chi connectivity index (χ0) is 21.4. The third-order valence-electron chi connectivity index (χ3n) is 6.03. The van der Waals surface area contributed by atoms with Gasteiger partial charge in [0.15, 0.2) is 0 Å². The summed E-state index contributed by atoms with van der Waals surface area (Å²) in [6, 6.07) is 19.5. The van der Waals surface area contributed by atoms with Crippen molar-refractivity contribution in [2.24, 2.45) is 0 Å². The van der Waals surface area contributed by atoms with Crippen LogP contribution in [0.1, 0.15) is 6.92 Å². The summed E-state index contributed by atoms with van der Waals surface area (Å²) >= 11 is 0. The molecule has 8 heteroatoms. The van der Waals surface area contributed by atoms with Gasteiger partial charge in [0, 0.05) is 43.4 Å². The van der Waals surface area contributed by atoms with Crippen molar-refractivity contribution in [3.63, 3.8) is 0 Å². The second-order valence-electron chi connectivity index (χ2n) is 8.49. The highest BCUT2D eigenvalue weighted by atomic mass is 16.6. The molecule has 1 fully saturated rings. The molecule has 8 nitrogen and oxygen atoms in total. The van der Waals surface area contributed by atoms with Crippen LogP contribution in [0.4, 0.5) is 11.5 Å². The SMILES string of the molecule is CC1(CN2CCN(c3ccc(-c4ccccc4)cc3)CC2)Cn2cc([N+](=O)[O-])nc2O1. The summed E-state index contributed by atoms with van der Waals surface area (Å²) in [5.74, 6) is -0.163. The Labute approximate surface area is 180 Å². The first-order valence-corrected chi connectivity index (χ1v) is 10.5. The minimum absolute atomic E-state index is 0.163. The first-order valence-electron chi connectivity index (χ1n) is 10.5. The number of nitro groups is 1. The van der Waals surface area contributed by atoms with Gasteiger partial charge in [-0.15, -0.1) is 0 Å². The Kier molecular flexibility index (Phi) is 4.86. The fourth-order valence-electron chi connectivity index (χ4n) is 4.50. The quantitative estimate of drug-likeness (QED) is 0.466. The molecule has 1 aromatic heterocycles. The van der Waals surface area contributed by atoms with Gasteiger partial charge in [-0.05, 0) is 35.1 Å². The summed E-state index contributed by atoms with van der Waals surface area (Å²) in [6.07, 6.45) is 1.46. The van der Waals surface area contributed by atoms with Gasteiger partial charge < -0.3 is 19.8 Å². The Hall–Kier alpha value is -3.39. The molecule has 31 heavy (non-hydrogen) atoms. The van der Waals surface area contributed by atoms with E-state index in [2.05, 4.69) is 63.3 Å². The summed E-state index contributed by atoms with van der Waals surface area (Å²) in [7, 11) is 0. The molecule has 0 saturated carbocycles. The van der Waals surface area contributed by atoms with E-state index in [1.165, 1.54) is 23.0 Å². The van der Waals surface area contributed by atoms with Crippen LogP contribution < -0.4 is 9.64 Å². The van der Waals surface area contributed by atoms with Crippen molar-refractivity contribution in [2.75, 3.05) is 37.6 Å². The van der Waals surface area contributed by atoms with E-state index in [1.54, 1.807) is 4.57 Å². The topological polar surface area (TPSA) is 76.7 Å². The molecule has 2 aromatic carbocycles. The van der Waals surface area contributed by atoms with E-state index >= 15 is 0 Å². The van der Waals surface area contributed by atoms with Crippen LogP contribution in [-0.4, -0.2) is 57.7 Å². The van der Waals surface area contributed by atoms with Crippen LogP contribution in [0.3, 0.4) is 0 Å². The van der Waals surface area contributed by atoms with E-state index in [9.17, 15) is 10.1 Å². The predicted octanol–water partition coefficient (Wildman–Crippen LogP) is 3.43. The minimum Gasteiger partial charge on any atom is -0.436 e. The summed E-state index contributed by atoms with van der Waals surface area (Å²) < 4.78 is 7.73. The maximum absolute atomic E-state index is 10.9. The summed E-state index contributed by atoms with van der Waals surface area (Å²) in [6.45, 7) is 7.19. The normalized spacial score (nSPS) is 21.0. The van der Waals surface area contributed by atoms with E-state index in [1.807, 2.05) is 13.0 Å². The number of nitrogens with zero attached hydrogens (tertiary/aromatic N) is 5. The number of aromatic nitrogens is 2. The Balaban J connectivity index is 1.16. The van der Waals surface area contributed by atoms with Gasteiger partial charge in [-0.3, -0.25) is 9.47 Å². The molecule has 5 rings (SSSR count). The molecule has 2 aliphatic rings. The number of imidazole rings is 1. The molecule has 1 saturated heterocycles. The maximum Gasteiger partial charge on any atom is 0.415 e. The predicted molar refractivity (Wildman–Crippen MR) is 118 cm³/mol. The molecule has 1 unspecified atom stereocenters. The third-order valence-corrected chi connectivity index (χ3v) is 6.03. The van der Waals surface area contributed by atoms with Crippen LogP contribution in [0, 0.1) is 10.1 Å². The largest absolute Gasteiger partial charge is 0.436 e. The smallest absolute Gasteiger partial charge is 0.415 e. The highest BCUT2D eigenvalue weighted by Crippen LogP contribution is 2.32. The van der Waals surface area contributed by atoms with E-state index in [-0.39, 0.29) is 5.82 Å². The van der Waals surface area contributed by atoms with Gasteiger partial charge in [0.05, 0.1) is 6.54 Å². The lowest BCUT2D eigenvalue weighted by Crippen LogP contribution is -2.52. The molecular weight excluding hydrogens is 394 g/mol. The highest BCUT2D eigenvalue weighted by molar-refractivity contribution is 5.66.